The van der Waals surface area contributed by atoms with Gasteiger partial charge < -0.3 is 9.47 Å². The van der Waals surface area contributed by atoms with Gasteiger partial charge in [-0.25, -0.2) is 0 Å². The standard InChI is InChI=1S/C49H34N2/c1-33-23-25-35(26-24-33)50(36-27-29-43-41-18-6-5-16-39(41)40-17-7-8-19-42(40)46(43)31-36)37-28-30-45-44-20-10-12-22-48(44)51(49(45)32-37)47-21-11-9-15-38(47)34-13-3-2-4-14-34/h2-32H,1H3. The lowest BCUT2D eigenvalue weighted by atomic mass is 9.94. The number of fused-ring (bicyclic) bond motifs is 9. The molecule has 0 spiro atoms. The quantitative estimate of drug-likeness (QED) is 0.168. The molecule has 2 nitrogen and oxygen atoms in total. The van der Waals surface area contributed by atoms with Crippen molar-refractivity contribution in [2.24, 2.45) is 0 Å². The third kappa shape index (κ3) is 4.72. The Bertz CT molecular complexity index is 2880. The van der Waals surface area contributed by atoms with Crippen molar-refractivity contribution in [1.82, 2.24) is 4.57 Å². The van der Waals surface area contributed by atoms with E-state index in [9.17, 15) is 0 Å². The van der Waals surface area contributed by atoms with Crippen molar-refractivity contribution >= 4 is 71.2 Å². The summed E-state index contributed by atoms with van der Waals surface area (Å²) < 4.78 is 2.45. The molecule has 10 aromatic rings. The monoisotopic (exact) mass is 650 g/mol. The van der Waals surface area contributed by atoms with Crippen molar-refractivity contribution < 1.29 is 0 Å². The van der Waals surface area contributed by atoms with Gasteiger partial charge in [0.25, 0.3) is 0 Å². The topological polar surface area (TPSA) is 8.17 Å². The van der Waals surface area contributed by atoms with Crippen LogP contribution in [-0.2, 0) is 0 Å². The van der Waals surface area contributed by atoms with Crippen molar-refractivity contribution in [1.29, 1.82) is 0 Å². The van der Waals surface area contributed by atoms with E-state index >= 15 is 0 Å². The van der Waals surface area contributed by atoms with E-state index in [1.807, 2.05) is 0 Å². The van der Waals surface area contributed by atoms with Gasteiger partial charge in [0.1, 0.15) is 0 Å². The lowest BCUT2D eigenvalue weighted by Crippen LogP contribution is -2.10. The Labute approximate surface area is 297 Å². The minimum atomic E-state index is 1.11. The Kier molecular flexibility index (Phi) is 6.75. The Morgan fingerprint density at radius 3 is 1.55 bits per heavy atom. The third-order valence-corrected chi connectivity index (χ3v) is 10.4. The minimum Gasteiger partial charge on any atom is -0.310 e. The molecule has 0 bridgehead atoms. The Balaban J connectivity index is 1.25. The van der Waals surface area contributed by atoms with Gasteiger partial charge in [0.05, 0.1) is 16.7 Å². The lowest BCUT2D eigenvalue weighted by Gasteiger charge is -2.27. The number of para-hydroxylation sites is 2. The summed E-state index contributed by atoms with van der Waals surface area (Å²) >= 11 is 0. The molecule has 1 heterocycles. The van der Waals surface area contributed by atoms with E-state index in [-0.39, 0.29) is 0 Å². The maximum absolute atomic E-state index is 2.45. The molecule has 0 fully saturated rings. The molecule has 0 atom stereocenters. The normalized spacial score (nSPS) is 11.6. The summed E-state index contributed by atoms with van der Waals surface area (Å²) in [6.07, 6.45) is 0. The molecule has 10 rings (SSSR count). The second kappa shape index (κ2) is 11.8. The first-order valence-electron chi connectivity index (χ1n) is 17.6. The summed E-state index contributed by atoms with van der Waals surface area (Å²) in [4.78, 5) is 2.41. The smallest absolute Gasteiger partial charge is 0.0562 e. The summed E-state index contributed by atoms with van der Waals surface area (Å²) in [7, 11) is 0. The predicted molar refractivity (Wildman–Crippen MR) is 218 cm³/mol. The van der Waals surface area contributed by atoms with Crippen LogP contribution in [0.25, 0.3) is 70.9 Å². The SMILES string of the molecule is Cc1ccc(N(c2ccc3c4ccccc4c4ccccc4c3c2)c2ccc3c4ccccc4n(-c4ccccc4-c4ccccc4)c3c2)cc1. The van der Waals surface area contributed by atoms with Crippen LogP contribution in [0, 0.1) is 6.92 Å². The molecule has 0 unspecified atom stereocenters. The number of benzene rings is 9. The molecule has 51 heavy (non-hydrogen) atoms. The molecule has 2 heteroatoms. The van der Waals surface area contributed by atoms with Crippen LogP contribution in [0.1, 0.15) is 5.56 Å². The fourth-order valence-corrected chi connectivity index (χ4v) is 8.06. The van der Waals surface area contributed by atoms with Crippen LogP contribution in [0.15, 0.2) is 188 Å². The molecule has 9 aromatic carbocycles. The molecular weight excluding hydrogens is 617 g/mol. The van der Waals surface area contributed by atoms with E-state index in [1.165, 1.54) is 70.8 Å². The highest BCUT2D eigenvalue weighted by Crippen LogP contribution is 2.43. The summed E-state index contributed by atoms with van der Waals surface area (Å²) in [6.45, 7) is 2.15. The van der Waals surface area contributed by atoms with Crippen LogP contribution >= 0.6 is 0 Å². The van der Waals surface area contributed by atoms with Gasteiger partial charge in [-0.1, -0.05) is 145 Å². The van der Waals surface area contributed by atoms with Gasteiger partial charge in [-0.05, 0) is 93.3 Å². The number of hydrogen-bond donors (Lipinski definition) is 0. The van der Waals surface area contributed by atoms with Crippen LogP contribution in [0.3, 0.4) is 0 Å². The van der Waals surface area contributed by atoms with Crippen molar-refractivity contribution in [3.8, 4) is 16.8 Å². The first-order chi connectivity index (χ1) is 25.2. The summed E-state index contributed by atoms with van der Waals surface area (Å²) in [5.74, 6) is 0. The van der Waals surface area contributed by atoms with Crippen molar-refractivity contribution in [2.75, 3.05) is 4.90 Å². The zero-order valence-electron chi connectivity index (χ0n) is 28.3. The molecule has 0 aliphatic carbocycles. The zero-order valence-corrected chi connectivity index (χ0v) is 28.3. The molecule has 0 aliphatic rings. The Hall–Kier alpha value is -6.64. The maximum atomic E-state index is 2.45. The Morgan fingerprint density at radius 2 is 0.843 bits per heavy atom. The van der Waals surface area contributed by atoms with E-state index in [0.717, 1.165) is 22.7 Å². The fraction of sp³-hybridized carbons (Fsp3) is 0.0204. The van der Waals surface area contributed by atoms with Gasteiger partial charge >= 0.3 is 0 Å². The van der Waals surface area contributed by atoms with Crippen molar-refractivity contribution in [3.63, 3.8) is 0 Å². The van der Waals surface area contributed by atoms with E-state index in [2.05, 4.69) is 204 Å². The van der Waals surface area contributed by atoms with E-state index in [1.54, 1.807) is 0 Å². The number of aryl methyl sites for hydroxylation is 1. The summed E-state index contributed by atoms with van der Waals surface area (Å²) in [5, 5.41) is 10.1. The third-order valence-electron chi connectivity index (χ3n) is 10.4. The van der Waals surface area contributed by atoms with Crippen LogP contribution in [0.5, 0.6) is 0 Å². The molecule has 0 aliphatic heterocycles. The van der Waals surface area contributed by atoms with Crippen LogP contribution in [-0.4, -0.2) is 4.57 Å². The minimum absolute atomic E-state index is 1.11. The van der Waals surface area contributed by atoms with Gasteiger partial charge in [0, 0.05) is 33.4 Å². The number of hydrogen-bond acceptors (Lipinski definition) is 1. The average Bonchev–Trinajstić information content (AvgIpc) is 3.53. The first-order valence-corrected chi connectivity index (χ1v) is 17.6. The number of nitrogens with zero attached hydrogens (tertiary/aromatic N) is 2. The second-order valence-electron chi connectivity index (χ2n) is 13.4. The van der Waals surface area contributed by atoms with Crippen LogP contribution < -0.4 is 4.90 Å². The largest absolute Gasteiger partial charge is 0.310 e. The number of anilines is 3. The summed E-state index contributed by atoms with van der Waals surface area (Å²) in [6, 6.07) is 68.7. The highest BCUT2D eigenvalue weighted by Gasteiger charge is 2.20. The van der Waals surface area contributed by atoms with Gasteiger partial charge in [-0.2, -0.15) is 0 Å². The first kappa shape index (κ1) is 29.3. The molecule has 0 saturated heterocycles. The van der Waals surface area contributed by atoms with E-state index in [0.29, 0.717) is 0 Å². The number of rotatable bonds is 5. The molecule has 1 aromatic heterocycles. The molecule has 0 saturated carbocycles. The van der Waals surface area contributed by atoms with Crippen LogP contribution in [0.2, 0.25) is 0 Å². The molecule has 0 N–H and O–H groups in total. The summed E-state index contributed by atoms with van der Waals surface area (Å²) in [5.41, 5.74) is 10.5. The highest BCUT2D eigenvalue weighted by atomic mass is 15.1. The molecular formula is C49H34N2. The molecule has 240 valence electrons. The van der Waals surface area contributed by atoms with Gasteiger partial charge in [-0.3, -0.25) is 0 Å². The maximum Gasteiger partial charge on any atom is 0.0562 e. The molecule has 0 radical (unpaired) electrons. The molecule has 0 amide bonds. The zero-order chi connectivity index (χ0) is 33.9. The van der Waals surface area contributed by atoms with Gasteiger partial charge in [0.15, 0.2) is 0 Å². The lowest BCUT2D eigenvalue weighted by molar-refractivity contribution is 1.18. The Morgan fingerprint density at radius 1 is 0.353 bits per heavy atom. The average molecular weight is 651 g/mol. The van der Waals surface area contributed by atoms with E-state index in [4.69, 9.17) is 0 Å². The number of aromatic nitrogens is 1. The predicted octanol–water partition coefficient (Wildman–Crippen LogP) is 13.7. The van der Waals surface area contributed by atoms with Crippen molar-refractivity contribution in [2.45, 2.75) is 6.92 Å². The second-order valence-corrected chi connectivity index (χ2v) is 13.4. The fourth-order valence-electron chi connectivity index (χ4n) is 8.06. The van der Waals surface area contributed by atoms with E-state index < -0.39 is 0 Å². The van der Waals surface area contributed by atoms with Gasteiger partial charge in [0.2, 0.25) is 0 Å². The highest BCUT2D eigenvalue weighted by molar-refractivity contribution is 6.25. The van der Waals surface area contributed by atoms with Gasteiger partial charge in [-0.15, -0.1) is 0 Å². The van der Waals surface area contributed by atoms with Crippen molar-refractivity contribution in [3.05, 3.63) is 194 Å². The van der Waals surface area contributed by atoms with Crippen LogP contribution in [0.4, 0.5) is 17.1 Å².